The average molecular weight is 613 g/mol. The number of carbonyl (C=O) groups is 3. The van der Waals surface area contributed by atoms with E-state index in [1.54, 1.807) is 25.1 Å². The number of aromatic hydroxyl groups is 1. The van der Waals surface area contributed by atoms with Crippen LogP contribution >= 0.6 is 0 Å². The number of ketones is 2. The largest absolute Gasteiger partial charge is 0.508 e. The summed E-state index contributed by atoms with van der Waals surface area (Å²) >= 11 is 0. The molecule has 43 heavy (non-hydrogen) atoms. The lowest BCUT2D eigenvalue weighted by atomic mass is 9.57. The first kappa shape index (κ1) is 33.9. The third-order valence-corrected chi connectivity index (χ3v) is 8.44. The first-order valence-electron chi connectivity index (χ1n) is 13.3. The van der Waals surface area contributed by atoms with Crippen LogP contribution in [0, 0.1) is 11.8 Å². The van der Waals surface area contributed by atoms with Gasteiger partial charge in [-0.05, 0) is 51.4 Å². The number of nitrogens with two attached hydrogens (primary N) is 1. The van der Waals surface area contributed by atoms with E-state index < -0.39 is 82.4 Å². The predicted octanol–water partition coefficient (Wildman–Crippen LogP) is 2.10. The van der Waals surface area contributed by atoms with Crippen LogP contribution in [-0.4, -0.2) is 94.9 Å². The number of phenolic OH excluding ortho intramolecular Hbond substituents is 1. The molecule has 3 aliphatic rings. The quantitative estimate of drug-likeness (QED) is 0.250. The van der Waals surface area contributed by atoms with Gasteiger partial charge in [0.25, 0.3) is 5.91 Å². The maximum absolute atomic E-state index is 14.0. The Morgan fingerprint density at radius 2 is 1.79 bits per heavy atom. The number of rotatable bonds is 7. The maximum atomic E-state index is 14.0. The lowest BCUT2D eigenvalue weighted by molar-refractivity contribution is -0.153. The summed E-state index contributed by atoms with van der Waals surface area (Å²) in [6, 6.07) is -0.601. The lowest BCUT2D eigenvalue weighted by Gasteiger charge is -2.50. The van der Waals surface area contributed by atoms with E-state index in [1.807, 2.05) is 0 Å². The second-order valence-electron chi connectivity index (χ2n) is 11.7. The molecule has 1 saturated carbocycles. The van der Waals surface area contributed by atoms with Crippen LogP contribution in [0.3, 0.4) is 0 Å². The number of nitrogens with zero attached hydrogens (tertiary/aromatic N) is 2. The first-order valence-corrected chi connectivity index (χ1v) is 13.3. The highest BCUT2D eigenvalue weighted by atomic mass is 19.4. The third kappa shape index (κ3) is 5.47. The summed E-state index contributed by atoms with van der Waals surface area (Å²) in [6.45, 7) is 1.15. The van der Waals surface area contributed by atoms with E-state index in [4.69, 9.17) is 5.73 Å². The highest BCUT2D eigenvalue weighted by Crippen LogP contribution is 2.54. The van der Waals surface area contributed by atoms with Gasteiger partial charge in [0.15, 0.2) is 11.4 Å². The molecule has 1 fully saturated rings. The second kappa shape index (κ2) is 11.5. The molecule has 0 radical (unpaired) electrons. The van der Waals surface area contributed by atoms with Gasteiger partial charge in [0, 0.05) is 49.4 Å². The van der Waals surface area contributed by atoms with Crippen molar-refractivity contribution < 1.29 is 48.0 Å². The Bertz CT molecular complexity index is 1420. The smallest absolute Gasteiger partial charge is 0.390 e. The van der Waals surface area contributed by atoms with Gasteiger partial charge >= 0.3 is 6.18 Å². The molecular formula is C29H39F3N4O7. The number of carbonyl (C=O) groups excluding carboxylic acids is 3. The molecule has 1 unspecified atom stereocenters. The van der Waals surface area contributed by atoms with Crippen molar-refractivity contribution >= 4 is 28.9 Å². The molecule has 4 rings (SSSR count). The molecule has 0 bridgehead atoms. The zero-order chi connectivity index (χ0) is 31.6. The number of alkyl halides is 3. The van der Waals surface area contributed by atoms with Crippen LogP contribution in [0.2, 0.25) is 0 Å². The molecule has 1 aromatic rings. The van der Waals surface area contributed by atoms with E-state index in [-0.39, 0.29) is 43.5 Å². The number of aliphatic hydroxyl groups is 3. The van der Waals surface area contributed by atoms with Gasteiger partial charge < -0.3 is 36.4 Å². The van der Waals surface area contributed by atoms with Crippen molar-refractivity contribution in [2.75, 3.05) is 33.1 Å². The molecule has 238 valence electrons. The van der Waals surface area contributed by atoms with Crippen molar-refractivity contribution in [2.24, 2.45) is 17.6 Å². The summed E-state index contributed by atoms with van der Waals surface area (Å²) in [5.74, 6) is -7.59. The molecular weight excluding hydrogens is 573 g/mol. The van der Waals surface area contributed by atoms with Gasteiger partial charge in [-0.3, -0.25) is 19.3 Å². The SMILES string of the molecule is C.CC(CC(F)(F)F)NCc1cc(N(C)C)c2c(c1O)C(O)=C1C(=O)[C@]3(O)C(O)=C(C(N)=O)C(=O)[C@@H](N(C)C)[C@@H]3C[C@@H]1C2. The Labute approximate surface area is 247 Å². The molecule has 3 aliphatic carbocycles. The second-order valence-corrected chi connectivity index (χ2v) is 11.7. The highest BCUT2D eigenvalue weighted by Gasteiger charge is 2.64. The summed E-state index contributed by atoms with van der Waals surface area (Å²) in [5, 5.41) is 48.1. The number of aliphatic hydroxyl groups excluding tert-OH is 2. The van der Waals surface area contributed by atoms with E-state index in [2.05, 4.69) is 5.32 Å². The van der Waals surface area contributed by atoms with Gasteiger partial charge in [-0.15, -0.1) is 0 Å². The Morgan fingerprint density at radius 1 is 1.19 bits per heavy atom. The number of hydrogen-bond acceptors (Lipinski definition) is 10. The molecule has 0 spiro atoms. The van der Waals surface area contributed by atoms with E-state index in [9.17, 15) is 48.0 Å². The lowest BCUT2D eigenvalue weighted by Crippen LogP contribution is -2.65. The summed E-state index contributed by atoms with van der Waals surface area (Å²) in [4.78, 5) is 42.4. The monoisotopic (exact) mass is 612 g/mol. The fraction of sp³-hybridized carbons (Fsp3) is 0.552. The van der Waals surface area contributed by atoms with Gasteiger partial charge in [0.1, 0.15) is 22.8 Å². The number of hydrogen-bond donors (Lipinski definition) is 6. The number of nitrogens with one attached hydrogen (secondary N) is 1. The number of anilines is 1. The topological polar surface area (TPSA) is 177 Å². The number of fused-ring (bicyclic) bond motifs is 3. The highest BCUT2D eigenvalue weighted by molar-refractivity contribution is 6.24. The number of likely N-dealkylation sites (N-methyl/N-ethyl adjacent to an activating group) is 1. The van der Waals surface area contributed by atoms with Crippen molar-refractivity contribution in [3.8, 4) is 5.75 Å². The fourth-order valence-corrected chi connectivity index (χ4v) is 6.58. The number of primary amides is 1. The van der Waals surface area contributed by atoms with Crippen LogP contribution < -0.4 is 16.0 Å². The maximum Gasteiger partial charge on any atom is 0.390 e. The number of halogens is 3. The van der Waals surface area contributed by atoms with Gasteiger partial charge in [-0.25, -0.2) is 0 Å². The summed E-state index contributed by atoms with van der Waals surface area (Å²) in [7, 11) is 6.43. The molecule has 0 saturated heterocycles. The Hall–Kier alpha value is -3.62. The van der Waals surface area contributed by atoms with Crippen molar-refractivity contribution in [2.45, 2.75) is 64.0 Å². The standard InChI is InChI=1S/C28H35F3N4O7.CH4/c1-11(9-27(29,30)31)33-10-13-8-16(34(2)3)14-6-12-7-15-20(35(4)5)23(38)19(26(32)41)25(40)28(15,42)24(39)17(12)22(37)18(14)21(13)36;/h8,11-12,15,20,33,36-37,40,42H,6-7,9-10H2,1-5H3,(H2,32,41);1H4/t11?,12-,15-,20-,28-;/m0./s1. The minimum absolute atomic E-state index is 0. The minimum Gasteiger partial charge on any atom is -0.508 e. The van der Waals surface area contributed by atoms with E-state index in [0.717, 1.165) is 0 Å². The van der Waals surface area contributed by atoms with Crippen LogP contribution in [0.1, 0.15) is 43.9 Å². The van der Waals surface area contributed by atoms with E-state index in [0.29, 0.717) is 11.3 Å². The van der Waals surface area contributed by atoms with Crippen molar-refractivity contribution in [3.05, 3.63) is 39.7 Å². The fourth-order valence-electron chi connectivity index (χ4n) is 6.58. The summed E-state index contributed by atoms with van der Waals surface area (Å²) in [6.07, 6.45) is -5.48. The molecule has 7 N–H and O–H groups in total. The van der Waals surface area contributed by atoms with Crippen LogP contribution in [0.15, 0.2) is 23.0 Å². The third-order valence-electron chi connectivity index (χ3n) is 8.44. The molecule has 5 atom stereocenters. The number of Topliss-reactive ketones (excluding diaryl/α,β-unsaturated/α-hetero) is 2. The minimum atomic E-state index is -4.40. The summed E-state index contributed by atoms with van der Waals surface area (Å²) < 4.78 is 38.5. The molecule has 0 aromatic heterocycles. The van der Waals surface area contributed by atoms with Crippen LogP contribution in [0.4, 0.5) is 18.9 Å². The van der Waals surface area contributed by atoms with Gasteiger partial charge in [-0.2, -0.15) is 13.2 Å². The first-order chi connectivity index (χ1) is 19.3. The predicted molar refractivity (Wildman–Crippen MR) is 152 cm³/mol. The van der Waals surface area contributed by atoms with Crippen molar-refractivity contribution in [1.82, 2.24) is 10.2 Å². The molecule has 1 aromatic carbocycles. The molecule has 11 nitrogen and oxygen atoms in total. The van der Waals surface area contributed by atoms with Crippen molar-refractivity contribution in [3.63, 3.8) is 0 Å². The zero-order valence-electron chi connectivity index (χ0n) is 23.8. The van der Waals surface area contributed by atoms with Crippen LogP contribution in [0.25, 0.3) is 5.76 Å². The van der Waals surface area contributed by atoms with Crippen molar-refractivity contribution in [1.29, 1.82) is 0 Å². The van der Waals surface area contributed by atoms with E-state index in [1.165, 1.54) is 25.9 Å². The Morgan fingerprint density at radius 3 is 2.30 bits per heavy atom. The van der Waals surface area contributed by atoms with Crippen LogP contribution in [0.5, 0.6) is 5.75 Å². The number of amides is 1. The Balaban J connectivity index is 0.00000506. The van der Waals surface area contributed by atoms with Gasteiger partial charge in [-0.1, -0.05) is 7.43 Å². The number of phenols is 1. The van der Waals surface area contributed by atoms with Gasteiger partial charge in [0.05, 0.1) is 18.0 Å². The Kier molecular flexibility index (Phi) is 9.04. The molecule has 0 heterocycles. The molecule has 1 amide bonds. The number of benzene rings is 1. The average Bonchev–Trinajstić information content (AvgIpc) is 2.84. The molecule has 14 heteroatoms. The van der Waals surface area contributed by atoms with Gasteiger partial charge in [0.2, 0.25) is 5.78 Å². The zero-order valence-corrected chi connectivity index (χ0v) is 23.8. The summed E-state index contributed by atoms with van der Waals surface area (Å²) in [5.41, 5.74) is 2.37. The molecule has 0 aliphatic heterocycles. The normalized spacial score (nSPS) is 26.0. The van der Waals surface area contributed by atoms with E-state index >= 15 is 0 Å². The van der Waals surface area contributed by atoms with Crippen LogP contribution in [-0.2, 0) is 27.3 Å².